The minimum Gasteiger partial charge on any atom is -0.282 e. The monoisotopic (exact) mass is 678 g/mol. The van der Waals surface area contributed by atoms with Crippen molar-refractivity contribution in [2.24, 2.45) is 4.99 Å². The number of aliphatic imine (C=N–C) groups is 1. The number of nitrogens with zero attached hydrogens (tertiary/aromatic N) is 1. The Labute approximate surface area is 311 Å². The zero-order valence-corrected chi connectivity index (χ0v) is 29.8. The summed E-state index contributed by atoms with van der Waals surface area (Å²) in [5.74, 6) is 0.225. The zero-order valence-electron chi connectivity index (χ0n) is 29.8. The molecule has 8 aromatic rings. The third kappa shape index (κ3) is 5.79. The average Bonchev–Trinajstić information content (AvgIpc) is 3.45. The van der Waals surface area contributed by atoms with Crippen molar-refractivity contribution in [1.29, 1.82) is 5.41 Å². The summed E-state index contributed by atoms with van der Waals surface area (Å²) < 4.78 is 0. The van der Waals surface area contributed by atoms with Gasteiger partial charge in [0.05, 0.1) is 5.71 Å². The van der Waals surface area contributed by atoms with E-state index in [9.17, 15) is 0 Å². The smallest absolute Gasteiger partial charge is 0.152 e. The number of benzene rings is 8. The molecule has 2 heteroatoms. The number of rotatable bonds is 6. The highest BCUT2D eigenvalue weighted by Gasteiger charge is 2.36. The van der Waals surface area contributed by atoms with Gasteiger partial charge in [-0.25, -0.2) is 4.99 Å². The number of hydrogen-bond donors (Lipinski definition) is 1. The van der Waals surface area contributed by atoms with E-state index in [1.165, 1.54) is 54.9 Å². The second-order valence-corrected chi connectivity index (χ2v) is 14.3. The van der Waals surface area contributed by atoms with Crippen LogP contribution in [-0.2, 0) is 5.41 Å². The first-order chi connectivity index (χ1) is 26.0. The minimum absolute atomic E-state index is 0.0603. The van der Waals surface area contributed by atoms with Gasteiger partial charge in [-0.15, -0.1) is 0 Å². The lowest BCUT2D eigenvalue weighted by molar-refractivity contribution is 0.660. The number of fused-ring (bicyclic) bond motifs is 5. The van der Waals surface area contributed by atoms with Gasteiger partial charge >= 0.3 is 0 Å². The molecule has 1 aliphatic rings. The lowest BCUT2D eigenvalue weighted by Gasteiger charge is -2.21. The highest BCUT2D eigenvalue weighted by Crippen LogP contribution is 2.52. The van der Waals surface area contributed by atoms with Gasteiger partial charge in [0, 0.05) is 16.5 Å². The number of amidine groups is 1. The van der Waals surface area contributed by atoms with E-state index in [0.717, 1.165) is 33.5 Å². The summed E-state index contributed by atoms with van der Waals surface area (Å²) in [6.45, 7) is 4.67. The van der Waals surface area contributed by atoms with Crippen LogP contribution in [0.15, 0.2) is 187 Å². The molecule has 0 saturated carbocycles. The molecule has 1 N–H and O–H groups in total. The summed E-state index contributed by atoms with van der Waals surface area (Å²) >= 11 is 0. The fourth-order valence-electron chi connectivity index (χ4n) is 8.06. The van der Waals surface area contributed by atoms with Gasteiger partial charge in [0.2, 0.25) is 0 Å². The van der Waals surface area contributed by atoms with E-state index in [-0.39, 0.29) is 11.3 Å². The summed E-state index contributed by atoms with van der Waals surface area (Å²) in [4.78, 5) is 4.95. The molecule has 53 heavy (non-hydrogen) atoms. The average molecular weight is 679 g/mol. The van der Waals surface area contributed by atoms with E-state index < -0.39 is 0 Å². The predicted molar refractivity (Wildman–Crippen MR) is 225 cm³/mol. The van der Waals surface area contributed by atoms with Crippen molar-refractivity contribution in [1.82, 2.24) is 0 Å². The van der Waals surface area contributed by atoms with Gasteiger partial charge in [0.15, 0.2) is 5.84 Å². The summed E-state index contributed by atoms with van der Waals surface area (Å²) in [7, 11) is 0. The van der Waals surface area contributed by atoms with Crippen molar-refractivity contribution in [2.45, 2.75) is 19.3 Å². The zero-order chi connectivity index (χ0) is 35.9. The van der Waals surface area contributed by atoms with Crippen LogP contribution < -0.4 is 0 Å². The largest absolute Gasteiger partial charge is 0.282 e. The summed E-state index contributed by atoms with van der Waals surface area (Å²) in [6, 6.07) is 62.1. The van der Waals surface area contributed by atoms with Crippen LogP contribution in [-0.4, -0.2) is 11.5 Å². The van der Waals surface area contributed by atoms with Gasteiger partial charge in [0.1, 0.15) is 0 Å². The van der Waals surface area contributed by atoms with Gasteiger partial charge in [-0.05, 0) is 89.8 Å². The summed E-state index contributed by atoms with van der Waals surface area (Å²) in [6.07, 6.45) is 4.22. The Morgan fingerprint density at radius 3 is 2.04 bits per heavy atom. The third-order valence-electron chi connectivity index (χ3n) is 10.8. The summed E-state index contributed by atoms with van der Waals surface area (Å²) in [5.41, 5.74) is 13.6. The van der Waals surface area contributed by atoms with Gasteiger partial charge < -0.3 is 0 Å². The van der Waals surface area contributed by atoms with Crippen LogP contribution in [0.25, 0.3) is 61.0 Å². The molecule has 0 fully saturated rings. The van der Waals surface area contributed by atoms with Crippen LogP contribution in [0, 0.1) is 5.41 Å². The molecule has 0 aromatic heterocycles. The van der Waals surface area contributed by atoms with Crippen molar-refractivity contribution in [2.75, 3.05) is 0 Å². The Bertz CT molecular complexity index is 2770. The molecule has 0 amide bonds. The quantitative estimate of drug-likeness (QED) is 0.134. The first-order valence-electron chi connectivity index (χ1n) is 18.2. The predicted octanol–water partition coefficient (Wildman–Crippen LogP) is 13.2. The second-order valence-electron chi connectivity index (χ2n) is 14.3. The first kappa shape index (κ1) is 32.3. The molecular formula is C51H38N2. The van der Waals surface area contributed by atoms with E-state index >= 15 is 0 Å². The minimum atomic E-state index is -0.0603. The maximum absolute atomic E-state index is 8.97. The Balaban J connectivity index is 1.15. The molecule has 0 aliphatic heterocycles. The highest BCUT2D eigenvalue weighted by atomic mass is 14.8. The Kier molecular flexibility index (Phi) is 8.01. The van der Waals surface area contributed by atoms with Crippen molar-refractivity contribution < 1.29 is 0 Å². The SMILES string of the molecule is CC1(C)c2ccccc2-c2c(-c3ccc(/C=C/C(=NC(=N)c4ccccc4)c4cccc(-c5ccc6ccccc6c5)c4)c4ccccc34)cccc21. The van der Waals surface area contributed by atoms with Gasteiger partial charge in [-0.1, -0.05) is 184 Å². The maximum atomic E-state index is 8.97. The van der Waals surface area contributed by atoms with E-state index in [1.54, 1.807) is 0 Å². The molecule has 0 radical (unpaired) electrons. The Morgan fingerprint density at radius 2 is 1.17 bits per heavy atom. The maximum Gasteiger partial charge on any atom is 0.152 e. The van der Waals surface area contributed by atoms with E-state index in [4.69, 9.17) is 10.4 Å². The molecule has 1 aliphatic carbocycles. The fourth-order valence-corrected chi connectivity index (χ4v) is 8.06. The molecule has 8 aromatic carbocycles. The number of hydrogen-bond acceptors (Lipinski definition) is 1. The molecule has 252 valence electrons. The summed E-state index contributed by atoms with van der Waals surface area (Å²) in [5, 5.41) is 13.8. The van der Waals surface area contributed by atoms with Crippen LogP contribution >= 0.6 is 0 Å². The molecule has 9 rings (SSSR count). The van der Waals surface area contributed by atoms with Crippen LogP contribution in [0.4, 0.5) is 0 Å². The normalized spacial score (nSPS) is 13.4. The second kappa shape index (κ2) is 13.2. The van der Waals surface area contributed by atoms with Crippen molar-refractivity contribution in [3.05, 3.63) is 210 Å². The third-order valence-corrected chi connectivity index (χ3v) is 10.8. The highest BCUT2D eigenvalue weighted by molar-refractivity contribution is 6.18. The topological polar surface area (TPSA) is 36.2 Å². The van der Waals surface area contributed by atoms with E-state index in [1.807, 2.05) is 30.3 Å². The fraction of sp³-hybridized carbons (Fsp3) is 0.0588. The van der Waals surface area contributed by atoms with Crippen LogP contribution in [0.2, 0.25) is 0 Å². The molecule has 0 atom stereocenters. The Hall–Kier alpha value is -6.64. The van der Waals surface area contributed by atoms with Crippen LogP contribution in [0.3, 0.4) is 0 Å². The lowest BCUT2D eigenvalue weighted by atomic mass is 9.81. The standard InChI is InChI=1S/C51H38N2/c1-51(2)46-24-11-10-22-45(46)49-44(23-13-25-47(49)51)43-30-28-35(41-20-8-9-21-42(41)43)29-31-48(53-50(52)36-15-4-3-5-16-36)40-19-12-18-38(33-40)39-27-26-34-14-6-7-17-37(34)32-39/h3-33,52H,1-2H3/b31-29+,52-50?,53-48?. The first-order valence-corrected chi connectivity index (χ1v) is 18.2. The molecule has 0 heterocycles. The Morgan fingerprint density at radius 1 is 0.509 bits per heavy atom. The van der Waals surface area contributed by atoms with E-state index in [0.29, 0.717) is 0 Å². The van der Waals surface area contributed by atoms with Crippen LogP contribution in [0.5, 0.6) is 0 Å². The number of allylic oxidation sites excluding steroid dienone is 1. The van der Waals surface area contributed by atoms with Crippen LogP contribution in [0.1, 0.15) is 41.7 Å². The van der Waals surface area contributed by atoms with Crippen molar-refractivity contribution in [3.63, 3.8) is 0 Å². The van der Waals surface area contributed by atoms with Crippen molar-refractivity contribution in [3.8, 4) is 33.4 Å². The molecule has 0 saturated heterocycles. The van der Waals surface area contributed by atoms with Gasteiger partial charge in [-0.3, -0.25) is 5.41 Å². The van der Waals surface area contributed by atoms with Crippen molar-refractivity contribution >= 4 is 39.2 Å². The van der Waals surface area contributed by atoms with Gasteiger partial charge in [0.25, 0.3) is 0 Å². The molecule has 2 nitrogen and oxygen atoms in total. The van der Waals surface area contributed by atoms with E-state index in [2.05, 4.69) is 172 Å². The molecule has 0 unspecified atom stereocenters. The van der Waals surface area contributed by atoms with Gasteiger partial charge in [-0.2, -0.15) is 0 Å². The lowest BCUT2D eigenvalue weighted by Crippen LogP contribution is -2.14. The molecule has 0 spiro atoms. The number of nitrogens with one attached hydrogen (secondary N) is 1. The molecular weight excluding hydrogens is 641 g/mol. The molecule has 0 bridgehead atoms.